The van der Waals surface area contributed by atoms with E-state index in [1.54, 1.807) is 26.5 Å². The third-order valence-corrected chi connectivity index (χ3v) is 5.28. The van der Waals surface area contributed by atoms with Crippen molar-refractivity contribution in [3.05, 3.63) is 41.3 Å². The zero-order valence-electron chi connectivity index (χ0n) is 17.5. The van der Waals surface area contributed by atoms with Gasteiger partial charge in [-0.2, -0.15) is 13.2 Å². The lowest BCUT2D eigenvalue weighted by atomic mass is 10.0. The molecule has 0 amide bonds. The number of hydrogen-bond donors (Lipinski definition) is 0. The topological polar surface area (TPSA) is 56.7 Å². The van der Waals surface area contributed by atoms with Crippen LogP contribution in [-0.4, -0.2) is 48.3 Å². The van der Waals surface area contributed by atoms with Crippen LogP contribution in [0.1, 0.15) is 42.8 Å². The minimum absolute atomic E-state index is 0.109. The highest BCUT2D eigenvalue weighted by Gasteiger charge is 2.33. The van der Waals surface area contributed by atoms with E-state index in [0.29, 0.717) is 24.5 Å². The van der Waals surface area contributed by atoms with Crippen LogP contribution >= 0.6 is 0 Å². The number of alkyl halides is 3. The fourth-order valence-electron chi connectivity index (χ4n) is 3.61. The summed E-state index contributed by atoms with van der Waals surface area (Å²) in [7, 11) is 3.11. The molecular formula is C21H26F3N3O3. The molecule has 1 unspecified atom stereocenters. The molecule has 6 nitrogen and oxygen atoms in total. The van der Waals surface area contributed by atoms with Crippen molar-refractivity contribution in [2.24, 2.45) is 0 Å². The van der Waals surface area contributed by atoms with E-state index in [2.05, 4.69) is 21.8 Å². The van der Waals surface area contributed by atoms with Crippen LogP contribution in [0.15, 0.2) is 24.4 Å². The SMILES string of the molecule is COc1cc(C(C)N2CCC(Oc3cc(C)nc(C(F)(F)F)c3)CC2)cnc1OC. The maximum atomic E-state index is 13.0. The standard InChI is InChI=1S/C21H26F3N3O3/c1-13-9-17(11-19(26-13)21(22,23)24)30-16-5-7-27(8-6-16)14(2)15-10-18(28-3)20(29-4)25-12-15/h9-12,14,16H,5-8H2,1-4H3. The number of hydrogen-bond acceptors (Lipinski definition) is 6. The lowest BCUT2D eigenvalue weighted by molar-refractivity contribution is -0.141. The second-order valence-electron chi connectivity index (χ2n) is 7.34. The fraction of sp³-hybridized carbons (Fsp3) is 0.524. The Morgan fingerprint density at radius 2 is 1.80 bits per heavy atom. The number of piperidine rings is 1. The Kier molecular flexibility index (Phi) is 6.70. The molecule has 1 saturated heterocycles. The van der Waals surface area contributed by atoms with E-state index in [4.69, 9.17) is 14.2 Å². The van der Waals surface area contributed by atoms with Gasteiger partial charge in [-0.3, -0.25) is 4.90 Å². The zero-order valence-corrected chi connectivity index (χ0v) is 17.5. The lowest BCUT2D eigenvalue weighted by Crippen LogP contribution is -2.39. The van der Waals surface area contributed by atoms with Crippen LogP contribution in [0.25, 0.3) is 0 Å². The summed E-state index contributed by atoms with van der Waals surface area (Å²) in [6.45, 7) is 5.14. The average Bonchev–Trinajstić information content (AvgIpc) is 2.72. The predicted molar refractivity (Wildman–Crippen MR) is 105 cm³/mol. The second-order valence-corrected chi connectivity index (χ2v) is 7.34. The molecule has 3 heterocycles. The number of methoxy groups -OCH3 is 2. The average molecular weight is 425 g/mol. The molecule has 3 rings (SSSR count). The molecule has 1 aliphatic heterocycles. The van der Waals surface area contributed by atoms with E-state index in [1.165, 1.54) is 6.92 Å². The molecule has 0 radical (unpaired) electrons. The molecule has 0 N–H and O–H groups in total. The Morgan fingerprint density at radius 3 is 2.40 bits per heavy atom. The van der Waals surface area contributed by atoms with Crippen LogP contribution in [-0.2, 0) is 6.18 Å². The number of pyridine rings is 2. The highest BCUT2D eigenvalue weighted by Crippen LogP contribution is 2.33. The van der Waals surface area contributed by atoms with E-state index < -0.39 is 11.9 Å². The van der Waals surface area contributed by atoms with Crippen LogP contribution in [0.3, 0.4) is 0 Å². The lowest BCUT2D eigenvalue weighted by Gasteiger charge is -2.36. The predicted octanol–water partition coefficient (Wildman–Crippen LogP) is 4.43. The van der Waals surface area contributed by atoms with Gasteiger partial charge in [-0.1, -0.05) is 0 Å². The van der Waals surface area contributed by atoms with Crippen LogP contribution in [0.2, 0.25) is 0 Å². The van der Waals surface area contributed by atoms with Crippen LogP contribution in [0.5, 0.6) is 17.4 Å². The molecule has 0 spiro atoms. The van der Waals surface area contributed by atoms with Crippen LogP contribution in [0, 0.1) is 6.92 Å². The van der Waals surface area contributed by atoms with Crippen LogP contribution in [0.4, 0.5) is 13.2 Å². The first-order valence-electron chi connectivity index (χ1n) is 9.75. The molecule has 2 aromatic rings. The van der Waals surface area contributed by atoms with Crippen molar-refractivity contribution in [2.45, 2.75) is 45.0 Å². The maximum absolute atomic E-state index is 13.0. The summed E-state index contributed by atoms with van der Waals surface area (Å²) in [5, 5.41) is 0. The summed E-state index contributed by atoms with van der Waals surface area (Å²) in [6, 6.07) is 4.53. The summed E-state index contributed by atoms with van der Waals surface area (Å²) in [5.74, 6) is 1.23. The zero-order chi connectivity index (χ0) is 21.9. The molecule has 1 fully saturated rings. The van der Waals surface area contributed by atoms with Gasteiger partial charge in [0.15, 0.2) is 5.75 Å². The first-order chi connectivity index (χ1) is 14.2. The monoisotopic (exact) mass is 425 g/mol. The molecule has 0 saturated carbocycles. The number of nitrogens with zero attached hydrogens (tertiary/aromatic N) is 3. The number of halogens is 3. The van der Waals surface area contributed by atoms with Gasteiger partial charge in [-0.25, -0.2) is 9.97 Å². The van der Waals surface area contributed by atoms with Crippen molar-refractivity contribution in [1.29, 1.82) is 0 Å². The highest BCUT2D eigenvalue weighted by atomic mass is 19.4. The molecule has 1 atom stereocenters. The van der Waals surface area contributed by atoms with E-state index in [0.717, 1.165) is 24.7 Å². The van der Waals surface area contributed by atoms with Crippen molar-refractivity contribution in [1.82, 2.24) is 14.9 Å². The second kappa shape index (κ2) is 9.07. The molecule has 2 aromatic heterocycles. The molecule has 0 bridgehead atoms. The first kappa shape index (κ1) is 22.1. The number of likely N-dealkylation sites (tertiary alicyclic amines) is 1. The summed E-state index contributed by atoms with van der Waals surface area (Å²) in [4.78, 5) is 10.1. The third-order valence-electron chi connectivity index (χ3n) is 5.28. The summed E-state index contributed by atoms with van der Waals surface area (Å²) in [6.07, 6.45) is -1.43. The third kappa shape index (κ3) is 5.13. The van der Waals surface area contributed by atoms with Crippen molar-refractivity contribution in [3.8, 4) is 17.4 Å². The summed E-state index contributed by atoms with van der Waals surface area (Å²) >= 11 is 0. The summed E-state index contributed by atoms with van der Waals surface area (Å²) < 4.78 is 55.3. The van der Waals surface area contributed by atoms with Gasteiger partial charge in [0.1, 0.15) is 17.5 Å². The van der Waals surface area contributed by atoms with E-state index >= 15 is 0 Å². The molecular weight excluding hydrogens is 399 g/mol. The van der Waals surface area contributed by atoms with Gasteiger partial charge < -0.3 is 14.2 Å². The van der Waals surface area contributed by atoms with Crippen molar-refractivity contribution in [3.63, 3.8) is 0 Å². The minimum atomic E-state index is -4.49. The molecule has 1 aliphatic rings. The Labute approximate surface area is 174 Å². The molecule has 9 heteroatoms. The Hall–Kier alpha value is -2.55. The first-order valence-corrected chi connectivity index (χ1v) is 9.75. The van der Waals surface area contributed by atoms with Crippen molar-refractivity contribution in [2.75, 3.05) is 27.3 Å². The number of ether oxygens (including phenoxy) is 3. The van der Waals surface area contributed by atoms with Gasteiger partial charge in [-0.15, -0.1) is 0 Å². The fourth-order valence-corrected chi connectivity index (χ4v) is 3.61. The highest BCUT2D eigenvalue weighted by molar-refractivity contribution is 5.37. The van der Waals surface area contributed by atoms with Crippen molar-refractivity contribution < 1.29 is 27.4 Å². The number of rotatable bonds is 6. The minimum Gasteiger partial charge on any atom is -0.491 e. The number of aryl methyl sites for hydroxylation is 1. The molecule has 164 valence electrons. The quantitative estimate of drug-likeness (QED) is 0.683. The number of aromatic nitrogens is 2. The van der Waals surface area contributed by atoms with Crippen LogP contribution < -0.4 is 14.2 Å². The van der Waals surface area contributed by atoms with Crippen molar-refractivity contribution >= 4 is 0 Å². The normalized spacial score (nSPS) is 16.9. The smallest absolute Gasteiger partial charge is 0.433 e. The van der Waals surface area contributed by atoms with Gasteiger partial charge in [0.05, 0.1) is 14.2 Å². The molecule has 0 aromatic carbocycles. The van der Waals surface area contributed by atoms with Gasteiger partial charge in [-0.05, 0) is 38.3 Å². The van der Waals surface area contributed by atoms with Gasteiger partial charge in [0.2, 0.25) is 0 Å². The Bertz CT molecular complexity index is 868. The Morgan fingerprint density at radius 1 is 1.10 bits per heavy atom. The summed E-state index contributed by atoms with van der Waals surface area (Å²) in [5.41, 5.74) is 0.364. The van der Waals surface area contributed by atoms with E-state index in [9.17, 15) is 13.2 Å². The van der Waals surface area contributed by atoms with E-state index in [1.807, 2.05) is 6.07 Å². The largest absolute Gasteiger partial charge is 0.491 e. The van der Waals surface area contributed by atoms with Gasteiger partial charge >= 0.3 is 6.18 Å². The van der Waals surface area contributed by atoms with Gasteiger partial charge in [0, 0.05) is 43.2 Å². The van der Waals surface area contributed by atoms with E-state index in [-0.39, 0.29) is 23.6 Å². The molecule has 0 aliphatic carbocycles. The Balaban J connectivity index is 1.62. The van der Waals surface area contributed by atoms with Gasteiger partial charge in [0.25, 0.3) is 5.88 Å². The maximum Gasteiger partial charge on any atom is 0.433 e. The molecule has 30 heavy (non-hydrogen) atoms.